The Morgan fingerprint density at radius 1 is 1.29 bits per heavy atom. The van der Waals surface area contributed by atoms with Crippen molar-refractivity contribution in [3.8, 4) is 5.95 Å². The molecule has 0 saturated carbocycles. The summed E-state index contributed by atoms with van der Waals surface area (Å²) in [6.45, 7) is 0.824. The van der Waals surface area contributed by atoms with Crippen molar-refractivity contribution in [3.05, 3.63) is 18.5 Å². The average Bonchev–Trinajstić information content (AvgIpc) is 3.08. The van der Waals surface area contributed by atoms with E-state index in [4.69, 9.17) is 5.84 Å². The Hall–Kier alpha value is -1.52. The van der Waals surface area contributed by atoms with E-state index in [1.165, 1.54) is 11.5 Å². The van der Waals surface area contributed by atoms with E-state index in [9.17, 15) is 0 Å². The molecule has 10 heteroatoms. The molecule has 3 heterocycles. The number of nitrogen functional groups attached to an aromatic ring is 1. The Balaban J connectivity index is 1.73. The van der Waals surface area contributed by atoms with Gasteiger partial charge >= 0.3 is 0 Å². The van der Waals surface area contributed by atoms with Gasteiger partial charge in [-0.2, -0.15) is 43.6 Å². The van der Waals surface area contributed by atoms with Crippen molar-refractivity contribution >= 4 is 35.4 Å². The highest BCUT2D eigenvalue weighted by Crippen LogP contribution is 2.24. The van der Waals surface area contributed by atoms with Crippen molar-refractivity contribution in [1.29, 1.82) is 0 Å². The van der Waals surface area contributed by atoms with Gasteiger partial charge in [-0.1, -0.05) is 0 Å². The number of rotatable bonds is 5. The molecule has 0 radical (unpaired) electrons. The SMILES string of the molecule is NNc1nc(NCC2CSCCS2)nc(-n2cccn2)n1. The molecule has 1 unspecified atom stereocenters. The van der Waals surface area contributed by atoms with E-state index < -0.39 is 0 Å². The molecule has 0 spiro atoms. The third kappa shape index (κ3) is 3.77. The minimum Gasteiger partial charge on any atom is -0.353 e. The maximum absolute atomic E-state index is 5.41. The molecular weight excluding hydrogens is 308 g/mol. The summed E-state index contributed by atoms with van der Waals surface area (Å²) < 4.78 is 1.57. The number of thioether (sulfide) groups is 2. The van der Waals surface area contributed by atoms with Crippen LogP contribution in [0.5, 0.6) is 0 Å². The van der Waals surface area contributed by atoms with Crippen molar-refractivity contribution in [2.75, 3.05) is 34.5 Å². The van der Waals surface area contributed by atoms with Gasteiger partial charge < -0.3 is 5.32 Å². The first kappa shape index (κ1) is 14.4. The molecule has 1 atom stereocenters. The standard InChI is InChI=1S/C11H16N8S2/c12-18-10-15-9(13-6-8-7-20-4-5-21-8)16-11(17-10)19-3-1-2-14-19/h1-3,8H,4-7,12H2,(H2,13,15,16,17,18). The molecule has 8 nitrogen and oxygen atoms in total. The van der Waals surface area contributed by atoms with Crippen LogP contribution in [0.3, 0.4) is 0 Å². The fraction of sp³-hybridized carbons (Fsp3) is 0.455. The molecule has 1 fully saturated rings. The second kappa shape index (κ2) is 6.96. The molecule has 1 aliphatic rings. The van der Waals surface area contributed by atoms with Gasteiger partial charge in [-0.3, -0.25) is 5.43 Å². The smallest absolute Gasteiger partial charge is 0.257 e. The van der Waals surface area contributed by atoms with Crippen molar-refractivity contribution in [1.82, 2.24) is 24.7 Å². The van der Waals surface area contributed by atoms with E-state index >= 15 is 0 Å². The molecule has 4 N–H and O–H groups in total. The van der Waals surface area contributed by atoms with Gasteiger partial charge in [0.05, 0.1) is 0 Å². The predicted octanol–water partition coefficient (Wildman–Crippen LogP) is 0.603. The summed E-state index contributed by atoms with van der Waals surface area (Å²) in [7, 11) is 0. The monoisotopic (exact) mass is 324 g/mol. The number of anilines is 2. The van der Waals surface area contributed by atoms with Gasteiger partial charge in [0.1, 0.15) is 0 Å². The van der Waals surface area contributed by atoms with Crippen LogP contribution in [0.25, 0.3) is 5.95 Å². The molecule has 3 rings (SSSR count). The molecule has 0 amide bonds. The molecule has 2 aromatic rings. The minimum atomic E-state index is 0.309. The first-order chi connectivity index (χ1) is 10.3. The highest BCUT2D eigenvalue weighted by molar-refractivity contribution is 8.06. The lowest BCUT2D eigenvalue weighted by Crippen LogP contribution is -2.24. The first-order valence-corrected chi connectivity index (χ1v) is 8.71. The molecule has 21 heavy (non-hydrogen) atoms. The molecule has 0 aromatic carbocycles. The maximum atomic E-state index is 5.41. The van der Waals surface area contributed by atoms with Gasteiger partial charge in [0.15, 0.2) is 0 Å². The second-order valence-corrected chi connectivity index (χ2v) is 6.88. The number of nitrogens with two attached hydrogens (primary N) is 1. The van der Waals surface area contributed by atoms with E-state index in [1.54, 1.807) is 17.1 Å². The van der Waals surface area contributed by atoms with Crippen molar-refractivity contribution in [2.24, 2.45) is 5.84 Å². The van der Waals surface area contributed by atoms with Crippen LogP contribution >= 0.6 is 23.5 Å². The summed E-state index contributed by atoms with van der Waals surface area (Å²) in [5, 5.41) is 7.94. The van der Waals surface area contributed by atoms with Gasteiger partial charge in [-0.25, -0.2) is 10.5 Å². The Bertz CT molecular complexity index is 570. The molecule has 0 bridgehead atoms. The normalized spacial score (nSPS) is 18.4. The van der Waals surface area contributed by atoms with Crippen LogP contribution in [0.4, 0.5) is 11.9 Å². The van der Waals surface area contributed by atoms with Gasteiger partial charge in [0.25, 0.3) is 5.95 Å². The van der Waals surface area contributed by atoms with E-state index in [1.807, 2.05) is 29.6 Å². The molecule has 1 saturated heterocycles. The Kier molecular flexibility index (Phi) is 4.78. The second-order valence-electron chi connectivity index (χ2n) is 4.33. The zero-order chi connectivity index (χ0) is 14.5. The van der Waals surface area contributed by atoms with Crippen LogP contribution < -0.4 is 16.6 Å². The zero-order valence-corrected chi connectivity index (χ0v) is 12.9. The third-order valence-corrected chi connectivity index (χ3v) is 5.68. The fourth-order valence-corrected chi connectivity index (χ4v) is 4.47. The lowest BCUT2D eigenvalue weighted by Gasteiger charge is -2.21. The van der Waals surface area contributed by atoms with Gasteiger partial charge in [-0.15, -0.1) is 0 Å². The van der Waals surface area contributed by atoms with Crippen LogP contribution in [0.15, 0.2) is 18.5 Å². The van der Waals surface area contributed by atoms with Crippen LogP contribution in [0.1, 0.15) is 0 Å². The lowest BCUT2D eigenvalue weighted by molar-refractivity contribution is 0.795. The number of aromatic nitrogens is 5. The van der Waals surface area contributed by atoms with Crippen LogP contribution in [-0.2, 0) is 0 Å². The van der Waals surface area contributed by atoms with Crippen LogP contribution in [-0.4, -0.2) is 53.8 Å². The van der Waals surface area contributed by atoms with Gasteiger partial charge in [0, 0.05) is 41.4 Å². The summed E-state index contributed by atoms with van der Waals surface area (Å²) >= 11 is 3.97. The molecule has 112 valence electrons. The van der Waals surface area contributed by atoms with Gasteiger partial charge in [-0.05, 0) is 6.07 Å². The highest BCUT2D eigenvalue weighted by atomic mass is 32.2. The topological polar surface area (TPSA) is 107 Å². The number of hydrogen-bond donors (Lipinski definition) is 3. The Labute approximate surface area is 130 Å². The Morgan fingerprint density at radius 3 is 2.90 bits per heavy atom. The number of hydrogen-bond acceptors (Lipinski definition) is 9. The summed E-state index contributed by atoms with van der Waals surface area (Å²) in [5.74, 6) is 10.2. The van der Waals surface area contributed by atoms with E-state index in [2.05, 4.69) is 30.8 Å². The van der Waals surface area contributed by atoms with Crippen molar-refractivity contribution in [2.45, 2.75) is 5.25 Å². The van der Waals surface area contributed by atoms with Gasteiger partial charge in [0.2, 0.25) is 11.9 Å². The average molecular weight is 324 g/mol. The quantitative estimate of drug-likeness (QED) is 0.538. The summed E-state index contributed by atoms with van der Waals surface area (Å²) in [6.07, 6.45) is 3.44. The predicted molar refractivity (Wildman–Crippen MR) is 86.8 cm³/mol. The molecule has 1 aliphatic heterocycles. The fourth-order valence-electron chi connectivity index (χ4n) is 1.86. The first-order valence-electron chi connectivity index (χ1n) is 6.51. The lowest BCUT2D eigenvalue weighted by atomic mass is 10.5. The zero-order valence-electron chi connectivity index (χ0n) is 11.3. The Morgan fingerprint density at radius 2 is 2.19 bits per heavy atom. The van der Waals surface area contributed by atoms with Crippen molar-refractivity contribution < 1.29 is 0 Å². The number of nitrogens with zero attached hydrogens (tertiary/aromatic N) is 5. The summed E-state index contributed by atoms with van der Waals surface area (Å²) in [6, 6.07) is 1.81. The maximum Gasteiger partial charge on any atom is 0.257 e. The molecule has 2 aromatic heterocycles. The number of hydrazine groups is 1. The van der Waals surface area contributed by atoms with E-state index in [-0.39, 0.29) is 0 Å². The summed E-state index contributed by atoms with van der Waals surface area (Å²) in [5.41, 5.74) is 2.46. The van der Waals surface area contributed by atoms with Crippen molar-refractivity contribution in [3.63, 3.8) is 0 Å². The highest BCUT2D eigenvalue weighted by Gasteiger charge is 2.15. The largest absolute Gasteiger partial charge is 0.353 e. The van der Waals surface area contributed by atoms with Crippen LogP contribution in [0, 0.1) is 0 Å². The summed E-state index contributed by atoms with van der Waals surface area (Å²) in [4.78, 5) is 12.8. The van der Waals surface area contributed by atoms with E-state index in [0.717, 1.165) is 12.3 Å². The van der Waals surface area contributed by atoms with E-state index in [0.29, 0.717) is 23.1 Å². The number of nitrogens with one attached hydrogen (secondary N) is 2. The van der Waals surface area contributed by atoms with Crippen LogP contribution in [0.2, 0.25) is 0 Å². The molecule has 0 aliphatic carbocycles. The third-order valence-electron chi connectivity index (χ3n) is 2.83. The molecular formula is C11H16N8S2. The minimum absolute atomic E-state index is 0.309.